The molecule has 2 fully saturated rings. The Morgan fingerprint density at radius 2 is 2.06 bits per heavy atom. The van der Waals surface area contributed by atoms with Crippen LogP contribution in [0.25, 0.3) is 0 Å². The molecule has 31 heavy (non-hydrogen) atoms. The third-order valence-corrected chi connectivity index (χ3v) is 6.51. The van der Waals surface area contributed by atoms with E-state index < -0.39 is 11.3 Å². The predicted molar refractivity (Wildman–Crippen MR) is 116 cm³/mol. The minimum absolute atomic E-state index is 0.0404. The SMILES string of the molecule is CC1CCN(c2cc(C3(C=O)CCOCC3)ccc2NC(=O)c2nccn2C#N)CC1. The molecule has 0 aliphatic carbocycles. The quantitative estimate of drug-likeness (QED) is 0.745. The first-order valence-electron chi connectivity index (χ1n) is 10.7. The summed E-state index contributed by atoms with van der Waals surface area (Å²) in [5.41, 5.74) is 1.95. The average Bonchev–Trinajstić information content (AvgIpc) is 3.29. The van der Waals surface area contributed by atoms with Crippen LogP contribution in [-0.4, -0.2) is 48.0 Å². The zero-order valence-electron chi connectivity index (χ0n) is 17.7. The lowest BCUT2D eigenvalue weighted by Crippen LogP contribution is -2.37. The summed E-state index contributed by atoms with van der Waals surface area (Å²) in [7, 11) is 0. The van der Waals surface area contributed by atoms with E-state index in [0.29, 0.717) is 37.7 Å². The van der Waals surface area contributed by atoms with Gasteiger partial charge in [-0.3, -0.25) is 4.79 Å². The van der Waals surface area contributed by atoms with Crippen molar-refractivity contribution in [3.63, 3.8) is 0 Å². The highest BCUT2D eigenvalue weighted by Gasteiger charge is 2.35. The fourth-order valence-corrected chi connectivity index (χ4v) is 4.40. The van der Waals surface area contributed by atoms with Crippen LogP contribution in [0.3, 0.4) is 0 Å². The molecular formula is C23H27N5O3. The summed E-state index contributed by atoms with van der Waals surface area (Å²) in [4.78, 5) is 31.2. The number of hydrogen-bond donors (Lipinski definition) is 1. The Morgan fingerprint density at radius 3 is 2.74 bits per heavy atom. The number of hydrogen-bond acceptors (Lipinski definition) is 6. The first-order valence-corrected chi connectivity index (χ1v) is 10.7. The number of rotatable bonds is 5. The second-order valence-corrected chi connectivity index (χ2v) is 8.46. The number of benzene rings is 1. The summed E-state index contributed by atoms with van der Waals surface area (Å²) in [5.74, 6) is 0.262. The summed E-state index contributed by atoms with van der Waals surface area (Å²) >= 11 is 0. The third kappa shape index (κ3) is 4.19. The van der Waals surface area contributed by atoms with Gasteiger partial charge in [-0.1, -0.05) is 13.0 Å². The zero-order chi connectivity index (χ0) is 21.8. The van der Waals surface area contributed by atoms with Crippen molar-refractivity contribution in [2.24, 2.45) is 5.92 Å². The van der Waals surface area contributed by atoms with E-state index >= 15 is 0 Å². The molecule has 4 rings (SSSR count). The lowest BCUT2D eigenvalue weighted by molar-refractivity contribution is -0.115. The highest BCUT2D eigenvalue weighted by atomic mass is 16.5. The Bertz CT molecular complexity index is 995. The zero-order valence-corrected chi connectivity index (χ0v) is 17.7. The van der Waals surface area contributed by atoms with Crippen molar-refractivity contribution in [1.29, 1.82) is 5.26 Å². The van der Waals surface area contributed by atoms with Gasteiger partial charge in [0.1, 0.15) is 6.29 Å². The Balaban J connectivity index is 1.69. The van der Waals surface area contributed by atoms with Gasteiger partial charge in [0.15, 0.2) is 6.19 Å². The van der Waals surface area contributed by atoms with Crippen LogP contribution >= 0.6 is 0 Å². The Morgan fingerprint density at radius 1 is 1.32 bits per heavy atom. The Kier molecular flexibility index (Phi) is 6.05. The van der Waals surface area contributed by atoms with Crippen molar-refractivity contribution >= 4 is 23.6 Å². The predicted octanol–water partition coefficient (Wildman–Crippen LogP) is 2.95. The van der Waals surface area contributed by atoms with Gasteiger partial charge in [0.2, 0.25) is 5.82 Å². The fourth-order valence-electron chi connectivity index (χ4n) is 4.40. The number of carbonyl (C=O) groups excluding carboxylic acids is 2. The molecule has 1 N–H and O–H groups in total. The number of aromatic nitrogens is 2. The minimum Gasteiger partial charge on any atom is -0.381 e. The lowest BCUT2D eigenvalue weighted by atomic mass is 9.75. The van der Waals surface area contributed by atoms with E-state index in [0.717, 1.165) is 48.0 Å². The molecule has 3 heterocycles. The Labute approximate surface area is 181 Å². The molecule has 2 saturated heterocycles. The number of imidazole rings is 1. The highest BCUT2D eigenvalue weighted by molar-refractivity contribution is 6.04. The van der Waals surface area contributed by atoms with Crippen molar-refractivity contribution in [3.05, 3.63) is 42.0 Å². The number of nitrogens with one attached hydrogen (secondary N) is 1. The number of piperidine rings is 1. The normalized spacial score (nSPS) is 18.9. The molecule has 0 bridgehead atoms. The molecule has 2 aromatic rings. The smallest absolute Gasteiger partial charge is 0.292 e. The maximum atomic E-state index is 12.8. The van der Waals surface area contributed by atoms with Crippen LogP contribution in [-0.2, 0) is 14.9 Å². The number of anilines is 2. The molecule has 0 radical (unpaired) electrons. The largest absolute Gasteiger partial charge is 0.381 e. The van der Waals surface area contributed by atoms with Crippen LogP contribution in [0, 0.1) is 17.4 Å². The van der Waals surface area contributed by atoms with Gasteiger partial charge >= 0.3 is 0 Å². The van der Waals surface area contributed by atoms with Crippen molar-refractivity contribution in [1.82, 2.24) is 9.55 Å². The first-order chi connectivity index (χ1) is 15.1. The van der Waals surface area contributed by atoms with E-state index in [1.54, 1.807) is 0 Å². The third-order valence-electron chi connectivity index (χ3n) is 6.51. The molecule has 0 atom stereocenters. The number of amides is 1. The molecule has 0 unspecified atom stereocenters. The lowest BCUT2D eigenvalue weighted by Gasteiger charge is -2.36. The summed E-state index contributed by atoms with van der Waals surface area (Å²) in [5, 5.41) is 12.1. The van der Waals surface area contributed by atoms with Crippen LogP contribution in [0.15, 0.2) is 30.6 Å². The molecule has 1 aromatic carbocycles. The minimum atomic E-state index is -0.560. The van der Waals surface area contributed by atoms with E-state index in [9.17, 15) is 14.9 Å². The monoisotopic (exact) mass is 421 g/mol. The standard InChI is InChI=1S/C23H27N5O3/c1-17-4-9-27(10-5-17)20-14-18(23(15-29)6-12-31-13-7-23)2-3-19(20)26-22(30)21-25-8-11-28(21)16-24/h2-3,8,11,14-15,17H,4-7,9-10,12-13H2,1H3,(H,26,30). The second-order valence-electron chi connectivity index (χ2n) is 8.46. The second kappa shape index (κ2) is 8.90. The van der Waals surface area contributed by atoms with Gasteiger partial charge in [-0.25, -0.2) is 9.55 Å². The van der Waals surface area contributed by atoms with Crippen molar-refractivity contribution in [2.45, 2.75) is 38.0 Å². The van der Waals surface area contributed by atoms with E-state index in [-0.39, 0.29) is 5.82 Å². The van der Waals surface area contributed by atoms with Gasteiger partial charge in [0.05, 0.1) is 16.8 Å². The Hall–Kier alpha value is -3.18. The maximum Gasteiger partial charge on any atom is 0.292 e. The molecule has 2 aliphatic heterocycles. The molecule has 8 heteroatoms. The van der Waals surface area contributed by atoms with Gasteiger partial charge in [-0.2, -0.15) is 5.26 Å². The highest BCUT2D eigenvalue weighted by Crippen LogP contribution is 2.38. The fraction of sp³-hybridized carbons (Fsp3) is 0.478. The summed E-state index contributed by atoms with van der Waals surface area (Å²) in [6, 6.07) is 5.82. The number of carbonyl (C=O) groups is 2. The summed E-state index contributed by atoms with van der Waals surface area (Å²) in [6.07, 6.45) is 9.29. The average molecular weight is 422 g/mol. The number of aldehydes is 1. The van der Waals surface area contributed by atoms with Gasteiger partial charge in [-0.05, 0) is 49.3 Å². The molecule has 162 valence electrons. The first kappa shape index (κ1) is 21.1. The molecule has 1 amide bonds. The summed E-state index contributed by atoms with van der Waals surface area (Å²) in [6.45, 7) is 5.14. The van der Waals surface area contributed by atoms with Crippen LogP contribution in [0.5, 0.6) is 0 Å². The van der Waals surface area contributed by atoms with Crippen molar-refractivity contribution < 1.29 is 14.3 Å². The van der Waals surface area contributed by atoms with Crippen LogP contribution in [0.4, 0.5) is 11.4 Å². The summed E-state index contributed by atoms with van der Waals surface area (Å²) < 4.78 is 6.62. The van der Waals surface area contributed by atoms with Crippen LogP contribution < -0.4 is 10.2 Å². The number of nitriles is 1. The number of ether oxygens (including phenoxy) is 1. The topological polar surface area (TPSA) is 100 Å². The van der Waals surface area contributed by atoms with Gasteiger partial charge < -0.3 is 19.7 Å². The van der Waals surface area contributed by atoms with Gasteiger partial charge in [0, 0.05) is 38.7 Å². The van der Waals surface area contributed by atoms with Crippen LogP contribution in [0.1, 0.15) is 48.8 Å². The molecule has 8 nitrogen and oxygen atoms in total. The van der Waals surface area contributed by atoms with E-state index in [1.807, 2.05) is 24.4 Å². The molecule has 1 aromatic heterocycles. The van der Waals surface area contributed by atoms with Crippen molar-refractivity contribution in [3.8, 4) is 6.19 Å². The van der Waals surface area contributed by atoms with Crippen LogP contribution in [0.2, 0.25) is 0 Å². The number of nitrogens with zero attached hydrogens (tertiary/aromatic N) is 4. The van der Waals surface area contributed by atoms with Gasteiger partial charge in [0.25, 0.3) is 5.91 Å². The van der Waals surface area contributed by atoms with E-state index in [1.165, 1.54) is 12.4 Å². The van der Waals surface area contributed by atoms with Crippen molar-refractivity contribution in [2.75, 3.05) is 36.5 Å². The van der Waals surface area contributed by atoms with E-state index in [2.05, 4.69) is 22.1 Å². The molecule has 2 aliphatic rings. The maximum absolute atomic E-state index is 12.8. The van der Waals surface area contributed by atoms with Gasteiger partial charge in [-0.15, -0.1) is 0 Å². The van der Waals surface area contributed by atoms with E-state index in [4.69, 9.17) is 4.74 Å². The molecular weight excluding hydrogens is 394 g/mol. The molecule has 0 saturated carbocycles. The molecule has 0 spiro atoms.